The number of halogens is 1. The van der Waals surface area contributed by atoms with Crippen molar-refractivity contribution in [3.05, 3.63) is 71.8 Å². The molecule has 1 unspecified atom stereocenters. The topological polar surface area (TPSA) is 34.1 Å². The van der Waals surface area contributed by atoms with Crippen LogP contribution in [0.25, 0.3) is 0 Å². The molecule has 1 radical (unpaired) electrons. The molecule has 0 aliphatic rings. The fourth-order valence-corrected chi connectivity index (χ4v) is 4.88. The average molecular weight is 338 g/mol. The SMILES string of the molecule is CS(=O)(=O)CC(Br)(c1cc[c]cc1)c1ccccc1. The third-order valence-electron chi connectivity index (χ3n) is 2.87. The maximum Gasteiger partial charge on any atom is 0.149 e. The van der Waals surface area contributed by atoms with Gasteiger partial charge in [0.25, 0.3) is 0 Å². The molecule has 2 aromatic carbocycles. The summed E-state index contributed by atoms with van der Waals surface area (Å²) in [5, 5.41) is 0. The van der Waals surface area contributed by atoms with E-state index in [9.17, 15) is 8.42 Å². The molecule has 0 heterocycles. The van der Waals surface area contributed by atoms with E-state index < -0.39 is 14.2 Å². The van der Waals surface area contributed by atoms with Crippen LogP contribution in [0.15, 0.2) is 54.6 Å². The van der Waals surface area contributed by atoms with Gasteiger partial charge in [-0.3, -0.25) is 0 Å². The molecule has 19 heavy (non-hydrogen) atoms. The molecule has 0 N–H and O–H groups in total. The third kappa shape index (κ3) is 3.45. The maximum absolute atomic E-state index is 11.8. The first kappa shape index (κ1) is 14.3. The first-order chi connectivity index (χ1) is 8.92. The highest BCUT2D eigenvalue weighted by Crippen LogP contribution is 2.39. The van der Waals surface area contributed by atoms with Crippen LogP contribution in [0.1, 0.15) is 11.1 Å². The van der Waals surface area contributed by atoms with Gasteiger partial charge < -0.3 is 0 Å². The van der Waals surface area contributed by atoms with Crippen LogP contribution in [0, 0.1) is 6.07 Å². The van der Waals surface area contributed by atoms with Crippen molar-refractivity contribution in [3.63, 3.8) is 0 Å². The van der Waals surface area contributed by atoms with Crippen molar-refractivity contribution in [1.29, 1.82) is 0 Å². The highest BCUT2D eigenvalue weighted by Gasteiger charge is 2.34. The smallest absolute Gasteiger partial charge is 0.149 e. The lowest BCUT2D eigenvalue weighted by molar-refractivity contribution is 0.596. The van der Waals surface area contributed by atoms with E-state index in [1.165, 1.54) is 6.26 Å². The standard InChI is InChI=1S/C15H14BrO2S/c1-19(17,18)12-15(16,13-8-4-2-5-9-13)14-10-6-3-7-11-14/h2,4-11H,12H2,1H3. The second kappa shape index (κ2) is 5.47. The van der Waals surface area contributed by atoms with Crippen molar-refractivity contribution in [3.8, 4) is 0 Å². The molecule has 0 aliphatic heterocycles. The van der Waals surface area contributed by atoms with E-state index in [0.29, 0.717) is 0 Å². The van der Waals surface area contributed by atoms with E-state index in [2.05, 4.69) is 22.0 Å². The van der Waals surface area contributed by atoms with Gasteiger partial charge >= 0.3 is 0 Å². The van der Waals surface area contributed by atoms with Crippen LogP contribution < -0.4 is 0 Å². The number of hydrogen-bond acceptors (Lipinski definition) is 2. The Morgan fingerprint density at radius 1 is 1.05 bits per heavy atom. The Labute approximate surface area is 122 Å². The second-order valence-corrected chi connectivity index (χ2v) is 8.02. The monoisotopic (exact) mass is 337 g/mol. The van der Waals surface area contributed by atoms with Crippen LogP contribution in [-0.4, -0.2) is 20.4 Å². The first-order valence-electron chi connectivity index (χ1n) is 5.80. The molecule has 1 atom stereocenters. The molecule has 2 aromatic rings. The van der Waals surface area contributed by atoms with Gasteiger partial charge in [-0.15, -0.1) is 0 Å². The summed E-state index contributed by atoms with van der Waals surface area (Å²) in [7, 11) is -3.14. The molecule has 2 nitrogen and oxygen atoms in total. The first-order valence-corrected chi connectivity index (χ1v) is 8.66. The fourth-order valence-electron chi connectivity index (χ4n) is 2.05. The average Bonchev–Trinajstić information content (AvgIpc) is 2.39. The van der Waals surface area contributed by atoms with Crippen LogP contribution in [0.2, 0.25) is 0 Å². The molecule has 0 spiro atoms. The Morgan fingerprint density at radius 2 is 1.58 bits per heavy atom. The fraction of sp³-hybridized carbons (Fsp3) is 0.200. The normalized spacial score (nSPS) is 12.3. The molecule has 0 saturated carbocycles. The molecule has 4 heteroatoms. The van der Waals surface area contributed by atoms with Crippen molar-refractivity contribution in [1.82, 2.24) is 0 Å². The van der Waals surface area contributed by atoms with Crippen LogP contribution in [-0.2, 0) is 14.2 Å². The van der Waals surface area contributed by atoms with Crippen molar-refractivity contribution >= 4 is 25.8 Å². The van der Waals surface area contributed by atoms with E-state index in [4.69, 9.17) is 0 Å². The van der Waals surface area contributed by atoms with Crippen molar-refractivity contribution in [2.24, 2.45) is 0 Å². The minimum absolute atomic E-state index is 0.00796. The molecule has 0 saturated heterocycles. The predicted octanol–water partition coefficient (Wildman–Crippen LogP) is 3.17. The summed E-state index contributed by atoms with van der Waals surface area (Å²) in [6.07, 6.45) is 1.25. The van der Waals surface area contributed by atoms with Crippen molar-refractivity contribution in [2.75, 3.05) is 12.0 Å². The zero-order chi connectivity index (χ0) is 13.9. The van der Waals surface area contributed by atoms with Gasteiger partial charge in [0.2, 0.25) is 0 Å². The number of sulfone groups is 1. The minimum atomic E-state index is -3.14. The molecule has 0 aliphatic carbocycles. The summed E-state index contributed by atoms with van der Waals surface area (Å²) in [6, 6.07) is 19.9. The molecule has 0 bridgehead atoms. The van der Waals surface area contributed by atoms with E-state index in [0.717, 1.165) is 11.1 Å². The van der Waals surface area contributed by atoms with Crippen LogP contribution >= 0.6 is 15.9 Å². The van der Waals surface area contributed by atoms with E-state index in [1.807, 2.05) is 42.5 Å². The molecule has 99 valence electrons. The van der Waals surface area contributed by atoms with Crippen LogP contribution in [0.5, 0.6) is 0 Å². The number of benzene rings is 2. The van der Waals surface area contributed by atoms with Gasteiger partial charge in [0, 0.05) is 6.26 Å². The van der Waals surface area contributed by atoms with Gasteiger partial charge in [0.15, 0.2) is 0 Å². The van der Waals surface area contributed by atoms with Gasteiger partial charge in [-0.1, -0.05) is 70.5 Å². The Balaban J connectivity index is 2.57. The summed E-state index contributed by atoms with van der Waals surface area (Å²) in [6.45, 7) is 0. The van der Waals surface area contributed by atoms with E-state index in [-0.39, 0.29) is 5.75 Å². The second-order valence-electron chi connectivity index (χ2n) is 4.53. The molecule has 0 amide bonds. The summed E-state index contributed by atoms with van der Waals surface area (Å²) >= 11 is 3.64. The number of hydrogen-bond donors (Lipinski definition) is 0. The lowest BCUT2D eigenvalue weighted by atomic mass is 9.93. The van der Waals surface area contributed by atoms with Crippen molar-refractivity contribution < 1.29 is 8.42 Å². The van der Waals surface area contributed by atoms with Crippen molar-refractivity contribution in [2.45, 2.75) is 4.32 Å². The Hall–Kier alpha value is -1.13. The van der Waals surface area contributed by atoms with E-state index in [1.54, 1.807) is 12.1 Å². The zero-order valence-corrected chi connectivity index (χ0v) is 12.9. The zero-order valence-electron chi connectivity index (χ0n) is 10.5. The maximum atomic E-state index is 11.8. The Kier molecular flexibility index (Phi) is 4.11. The third-order valence-corrected chi connectivity index (χ3v) is 5.39. The Morgan fingerprint density at radius 3 is 2.11 bits per heavy atom. The highest BCUT2D eigenvalue weighted by atomic mass is 79.9. The van der Waals surface area contributed by atoms with Gasteiger partial charge in [-0.05, 0) is 17.2 Å². The largest absolute Gasteiger partial charge is 0.229 e. The van der Waals surface area contributed by atoms with Gasteiger partial charge in [-0.2, -0.15) is 0 Å². The number of alkyl halides is 1. The lowest BCUT2D eigenvalue weighted by Gasteiger charge is -2.28. The van der Waals surface area contributed by atoms with Crippen LogP contribution in [0.3, 0.4) is 0 Å². The highest BCUT2D eigenvalue weighted by molar-refractivity contribution is 9.09. The van der Waals surface area contributed by atoms with Crippen LogP contribution in [0.4, 0.5) is 0 Å². The molecule has 2 rings (SSSR count). The summed E-state index contributed by atoms with van der Waals surface area (Å²) in [5.41, 5.74) is 1.83. The van der Waals surface area contributed by atoms with Gasteiger partial charge in [-0.25, -0.2) is 8.42 Å². The summed E-state index contributed by atoms with van der Waals surface area (Å²) < 4.78 is 22.8. The molecule has 0 fully saturated rings. The predicted molar refractivity (Wildman–Crippen MR) is 81.1 cm³/mol. The van der Waals surface area contributed by atoms with Gasteiger partial charge in [0.1, 0.15) is 9.84 Å². The Bertz CT molecular complexity index is 597. The molecule has 0 aromatic heterocycles. The summed E-state index contributed by atoms with van der Waals surface area (Å²) in [5.74, 6) is 0.00796. The molecular weight excluding hydrogens is 324 g/mol. The van der Waals surface area contributed by atoms with Gasteiger partial charge in [0.05, 0.1) is 10.1 Å². The summed E-state index contributed by atoms with van der Waals surface area (Å²) in [4.78, 5) is 0. The minimum Gasteiger partial charge on any atom is -0.229 e. The van der Waals surface area contributed by atoms with E-state index >= 15 is 0 Å². The molecular formula is C15H14BrO2S. The number of rotatable bonds is 4. The quantitative estimate of drug-likeness (QED) is 0.803. The lowest BCUT2D eigenvalue weighted by Crippen LogP contribution is -2.29.